The van der Waals surface area contributed by atoms with E-state index < -0.39 is 24.8 Å². The summed E-state index contributed by atoms with van der Waals surface area (Å²) in [4.78, 5) is 21.2. The Balaban J connectivity index is 4.01. The van der Waals surface area contributed by atoms with Gasteiger partial charge in [0.2, 0.25) is 0 Å². The molecule has 0 radical (unpaired) electrons. The van der Waals surface area contributed by atoms with E-state index >= 15 is 0 Å². The van der Waals surface area contributed by atoms with Crippen LogP contribution in [0.25, 0.3) is 0 Å². The summed E-state index contributed by atoms with van der Waals surface area (Å²) in [5.74, 6) is -0.565. The molecule has 1 unspecified atom stereocenters. The van der Waals surface area contributed by atoms with Gasteiger partial charge >= 0.3 is 12.1 Å². The minimum atomic E-state index is -1.52. The zero-order valence-electron chi connectivity index (χ0n) is 8.60. The van der Waals surface area contributed by atoms with Crippen LogP contribution in [-0.2, 0) is 14.3 Å². The maximum atomic E-state index is 11.1. The Labute approximate surface area is 87.1 Å². The lowest BCUT2D eigenvalue weighted by atomic mass is 10.3. The smallest absolute Gasteiger partial charge is 0.458 e. The van der Waals surface area contributed by atoms with Crippen LogP contribution in [-0.4, -0.2) is 41.7 Å². The molecule has 2 N–H and O–H groups in total. The molecule has 0 saturated heterocycles. The van der Waals surface area contributed by atoms with Gasteiger partial charge in [0.25, 0.3) is 0 Å². The predicted molar refractivity (Wildman–Crippen MR) is 50.4 cm³/mol. The molecule has 0 heterocycles. The van der Waals surface area contributed by atoms with E-state index in [1.54, 1.807) is 19.9 Å². The molecule has 86 valence electrons. The van der Waals surface area contributed by atoms with Gasteiger partial charge in [-0.15, -0.1) is 0 Å². The van der Waals surface area contributed by atoms with Crippen molar-refractivity contribution < 1.29 is 29.3 Å². The zero-order valence-corrected chi connectivity index (χ0v) is 8.60. The molecule has 0 fully saturated rings. The molecular formula is C9H14O6. The molecule has 0 saturated carbocycles. The van der Waals surface area contributed by atoms with Crippen molar-refractivity contribution in [3.8, 4) is 0 Å². The van der Waals surface area contributed by atoms with Crippen molar-refractivity contribution in [1.29, 1.82) is 0 Å². The quantitative estimate of drug-likeness (QED) is 0.517. The Hall–Kier alpha value is -1.56. The summed E-state index contributed by atoms with van der Waals surface area (Å²) in [6.07, 6.45) is -1.00. The molecule has 6 nitrogen and oxygen atoms in total. The van der Waals surface area contributed by atoms with Gasteiger partial charge < -0.3 is 19.7 Å². The second kappa shape index (κ2) is 6.83. The van der Waals surface area contributed by atoms with Crippen LogP contribution in [0.15, 0.2) is 11.6 Å². The lowest BCUT2D eigenvalue weighted by Gasteiger charge is -2.13. The van der Waals surface area contributed by atoms with Crippen molar-refractivity contribution in [3.63, 3.8) is 0 Å². The van der Waals surface area contributed by atoms with Crippen molar-refractivity contribution in [2.75, 3.05) is 13.2 Å². The number of esters is 1. The molecule has 1 atom stereocenters. The van der Waals surface area contributed by atoms with E-state index in [0.717, 1.165) is 0 Å². The van der Waals surface area contributed by atoms with Gasteiger partial charge in [-0.1, -0.05) is 6.08 Å². The number of hydrogen-bond donors (Lipinski definition) is 2. The van der Waals surface area contributed by atoms with Gasteiger partial charge in [-0.2, -0.15) is 0 Å². The Morgan fingerprint density at radius 3 is 2.47 bits per heavy atom. The fraction of sp³-hybridized carbons (Fsp3) is 0.556. The Kier molecular flexibility index (Phi) is 6.12. The third-order valence-corrected chi connectivity index (χ3v) is 1.63. The van der Waals surface area contributed by atoms with Gasteiger partial charge in [-0.05, 0) is 13.8 Å². The van der Waals surface area contributed by atoms with Gasteiger partial charge in [0.05, 0.1) is 6.61 Å². The first-order chi connectivity index (χ1) is 7.01. The topological polar surface area (TPSA) is 93.1 Å². The minimum absolute atomic E-state index is 0.299. The molecule has 0 aliphatic rings. The number of aliphatic hydroxyl groups is 1. The highest BCUT2D eigenvalue weighted by atomic mass is 16.7. The van der Waals surface area contributed by atoms with Crippen molar-refractivity contribution in [3.05, 3.63) is 11.6 Å². The largest absolute Gasteiger partial charge is 0.506 e. The molecule has 0 aromatic carbocycles. The third-order valence-electron chi connectivity index (χ3n) is 1.63. The van der Waals surface area contributed by atoms with Crippen LogP contribution < -0.4 is 0 Å². The van der Waals surface area contributed by atoms with Gasteiger partial charge in [-0.25, -0.2) is 9.59 Å². The van der Waals surface area contributed by atoms with Crippen LogP contribution in [0.1, 0.15) is 13.8 Å². The number of hydrogen-bond acceptors (Lipinski definition) is 5. The molecule has 15 heavy (non-hydrogen) atoms. The van der Waals surface area contributed by atoms with E-state index in [2.05, 4.69) is 4.74 Å². The molecule has 0 aliphatic heterocycles. The number of allylic oxidation sites excluding steroid dienone is 1. The molecule has 0 amide bonds. The molecule has 0 aromatic heterocycles. The first kappa shape index (κ1) is 13.4. The molecule has 6 heteroatoms. The first-order valence-electron chi connectivity index (χ1n) is 4.31. The van der Waals surface area contributed by atoms with Crippen molar-refractivity contribution in [2.45, 2.75) is 20.0 Å². The van der Waals surface area contributed by atoms with Crippen molar-refractivity contribution in [1.82, 2.24) is 0 Å². The number of aliphatic hydroxyl groups excluding tert-OH is 1. The van der Waals surface area contributed by atoms with Crippen molar-refractivity contribution in [2.24, 2.45) is 0 Å². The highest BCUT2D eigenvalue weighted by molar-refractivity contribution is 5.87. The SMILES string of the molecule is CC=C(C)C(=O)OCC(CO)OC(=O)O. The molecule has 0 aromatic rings. The normalized spacial score (nSPS) is 13.1. The second-order valence-corrected chi connectivity index (χ2v) is 2.76. The van der Waals surface area contributed by atoms with Gasteiger partial charge in [-0.3, -0.25) is 0 Å². The number of rotatable bonds is 5. The standard InChI is InChI=1S/C9H14O6/c1-3-6(2)8(11)14-5-7(4-10)15-9(12)13/h3,7,10H,4-5H2,1-2H3,(H,12,13). The number of ether oxygens (including phenoxy) is 2. The minimum Gasteiger partial charge on any atom is -0.458 e. The molecule has 0 aliphatic carbocycles. The Morgan fingerprint density at radius 2 is 2.07 bits per heavy atom. The van der Waals surface area contributed by atoms with Crippen LogP contribution >= 0.6 is 0 Å². The van der Waals surface area contributed by atoms with E-state index in [-0.39, 0.29) is 6.61 Å². The molecule has 0 bridgehead atoms. The monoisotopic (exact) mass is 218 g/mol. The Morgan fingerprint density at radius 1 is 1.47 bits per heavy atom. The molecule has 0 spiro atoms. The number of carbonyl (C=O) groups excluding carboxylic acids is 1. The van der Waals surface area contributed by atoms with E-state index in [4.69, 9.17) is 14.9 Å². The maximum Gasteiger partial charge on any atom is 0.506 e. The summed E-state index contributed by atoms with van der Waals surface area (Å²) < 4.78 is 8.93. The predicted octanol–water partition coefficient (Wildman–Crippen LogP) is 0.551. The van der Waals surface area contributed by atoms with Crippen LogP contribution in [0.4, 0.5) is 4.79 Å². The van der Waals surface area contributed by atoms with E-state index in [1.165, 1.54) is 0 Å². The van der Waals surface area contributed by atoms with E-state index in [0.29, 0.717) is 5.57 Å². The average Bonchev–Trinajstić information content (AvgIpc) is 2.21. The lowest BCUT2D eigenvalue weighted by Crippen LogP contribution is -2.28. The van der Waals surface area contributed by atoms with E-state index in [9.17, 15) is 9.59 Å². The number of carbonyl (C=O) groups is 2. The fourth-order valence-electron chi connectivity index (χ4n) is 0.667. The van der Waals surface area contributed by atoms with Crippen molar-refractivity contribution >= 4 is 12.1 Å². The summed E-state index contributed by atoms with van der Waals surface area (Å²) in [7, 11) is 0. The fourth-order valence-corrected chi connectivity index (χ4v) is 0.667. The van der Waals surface area contributed by atoms with Gasteiger partial charge in [0, 0.05) is 5.57 Å². The highest BCUT2D eigenvalue weighted by Gasteiger charge is 2.15. The summed E-state index contributed by atoms with van der Waals surface area (Å²) >= 11 is 0. The summed E-state index contributed by atoms with van der Waals surface area (Å²) in [6.45, 7) is 2.41. The van der Waals surface area contributed by atoms with Crippen LogP contribution in [0.5, 0.6) is 0 Å². The van der Waals surface area contributed by atoms with Gasteiger partial charge in [0.15, 0.2) is 6.10 Å². The summed E-state index contributed by atoms with van der Waals surface area (Å²) in [6, 6.07) is 0. The average molecular weight is 218 g/mol. The summed E-state index contributed by atoms with van der Waals surface area (Å²) in [5, 5.41) is 16.9. The maximum absolute atomic E-state index is 11.1. The van der Waals surface area contributed by atoms with Crippen LogP contribution in [0, 0.1) is 0 Å². The van der Waals surface area contributed by atoms with Gasteiger partial charge in [0.1, 0.15) is 6.61 Å². The first-order valence-corrected chi connectivity index (χ1v) is 4.31. The molecule has 0 rings (SSSR count). The second-order valence-electron chi connectivity index (χ2n) is 2.76. The van der Waals surface area contributed by atoms with Crippen LogP contribution in [0.3, 0.4) is 0 Å². The number of carboxylic acid groups (broad SMARTS) is 1. The zero-order chi connectivity index (χ0) is 11.8. The highest BCUT2D eigenvalue weighted by Crippen LogP contribution is 1.99. The summed E-state index contributed by atoms with van der Waals surface area (Å²) in [5.41, 5.74) is 0.405. The lowest BCUT2D eigenvalue weighted by molar-refractivity contribution is -0.143. The Bertz CT molecular complexity index is 257. The van der Waals surface area contributed by atoms with Crippen LogP contribution in [0.2, 0.25) is 0 Å². The van der Waals surface area contributed by atoms with E-state index in [1.807, 2.05) is 0 Å². The third kappa shape index (κ3) is 5.69. The molecular weight excluding hydrogens is 204 g/mol.